The fraction of sp³-hybridized carbons (Fsp3) is 0.190. The van der Waals surface area contributed by atoms with Crippen molar-refractivity contribution in [3.63, 3.8) is 0 Å². The highest BCUT2D eigenvalue weighted by atomic mass is 16.5. The molecule has 3 rings (SSSR count). The third-order valence-electron chi connectivity index (χ3n) is 3.94. The smallest absolute Gasteiger partial charge is 0.258 e. The average Bonchev–Trinajstić information content (AvgIpc) is 2.71. The van der Waals surface area contributed by atoms with Gasteiger partial charge in [0.05, 0.1) is 25.0 Å². The molecule has 0 fully saturated rings. The number of aryl methyl sites for hydroxylation is 1. The number of carbonyl (C=O) groups excluding carboxylic acids is 1. The van der Waals surface area contributed by atoms with Crippen LogP contribution in [0.4, 0.5) is 0 Å². The molecule has 2 aromatic carbocycles. The van der Waals surface area contributed by atoms with Gasteiger partial charge in [0.15, 0.2) is 6.61 Å². The molecule has 0 spiro atoms. The van der Waals surface area contributed by atoms with Crippen LogP contribution in [-0.2, 0) is 11.3 Å². The van der Waals surface area contributed by atoms with Crippen LogP contribution >= 0.6 is 0 Å². The van der Waals surface area contributed by atoms with Crippen LogP contribution < -0.4 is 14.8 Å². The molecule has 1 amide bonds. The SMILES string of the molecule is COc1ccc(-c2cc(CNC(=O)COc3cccc(C)c3)ncn2)cc1. The van der Waals surface area contributed by atoms with E-state index in [1.165, 1.54) is 6.33 Å². The lowest BCUT2D eigenvalue weighted by molar-refractivity contribution is -0.123. The van der Waals surface area contributed by atoms with Crippen LogP contribution in [0.5, 0.6) is 11.5 Å². The quantitative estimate of drug-likeness (QED) is 0.698. The van der Waals surface area contributed by atoms with Gasteiger partial charge >= 0.3 is 0 Å². The number of hydrogen-bond donors (Lipinski definition) is 1. The number of carbonyl (C=O) groups is 1. The number of nitrogens with zero attached hydrogens (tertiary/aromatic N) is 2. The van der Waals surface area contributed by atoms with E-state index >= 15 is 0 Å². The molecule has 6 heteroatoms. The lowest BCUT2D eigenvalue weighted by Crippen LogP contribution is -2.28. The molecule has 0 unspecified atom stereocenters. The summed E-state index contributed by atoms with van der Waals surface area (Å²) in [6, 6.07) is 17.0. The predicted octanol–water partition coefficient (Wildman–Crippen LogP) is 3.16. The van der Waals surface area contributed by atoms with Gasteiger partial charge in [0, 0.05) is 5.56 Å². The first kappa shape index (κ1) is 18.4. The second kappa shape index (κ2) is 8.80. The van der Waals surface area contributed by atoms with Crippen molar-refractivity contribution in [3.8, 4) is 22.8 Å². The van der Waals surface area contributed by atoms with E-state index in [-0.39, 0.29) is 12.5 Å². The van der Waals surface area contributed by atoms with Crippen molar-refractivity contribution in [2.24, 2.45) is 0 Å². The van der Waals surface area contributed by atoms with Crippen molar-refractivity contribution < 1.29 is 14.3 Å². The summed E-state index contributed by atoms with van der Waals surface area (Å²) >= 11 is 0. The maximum absolute atomic E-state index is 12.0. The summed E-state index contributed by atoms with van der Waals surface area (Å²) in [6.45, 7) is 2.24. The second-order valence-corrected chi connectivity index (χ2v) is 6.00. The summed E-state index contributed by atoms with van der Waals surface area (Å²) in [4.78, 5) is 20.5. The van der Waals surface area contributed by atoms with E-state index in [0.29, 0.717) is 12.3 Å². The fourth-order valence-electron chi connectivity index (χ4n) is 2.51. The van der Waals surface area contributed by atoms with Crippen LogP contribution in [0.3, 0.4) is 0 Å². The Kier molecular flexibility index (Phi) is 5.99. The monoisotopic (exact) mass is 363 g/mol. The maximum Gasteiger partial charge on any atom is 0.258 e. The minimum atomic E-state index is -0.207. The third kappa shape index (κ3) is 5.28. The molecule has 1 aromatic heterocycles. The molecule has 0 saturated carbocycles. The first-order chi connectivity index (χ1) is 13.1. The van der Waals surface area contributed by atoms with E-state index in [1.54, 1.807) is 7.11 Å². The minimum absolute atomic E-state index is 0.0418. The second-order valence-electron chi connectivity index (χ2n) is 6.00. The van der Waals surface area contributed by atoms with Crippen molar-refractivity contribution in [2.75, 3.05) is 13.7 Å². The number of methoxy groups -OCH3 is 1. The van der Waals surface area contributed by atoms with Crippen molar-refractivity contribution in [2.45, 2.75) is 13.5 Å². The largest absolute Gasteiger partial charge is 0.497 e. The molecular weight excluding hydrogens is 342 g/mol. The highest BCUT2D eigenvalue weighted by Crippen LogP contribution is 2.20. The highest BCUT2D eigenvalue weighted by molar-refractivity contribution is 5.77. The average molecular weight is 363 g/mol. The van der Waals surface area contributed by atoms with Gasteiger partial charge in [0.2, 0.25) is 0 Å². The predicted molar refractivity (Wildman–Crippen MR) is 103 cm³/mol. The van der Waals surface area contributed by atoms with Gasteiger partial charge in [-0.3, -0.25) is 4.79 Å². The van der Waals surface area contributed by atoms with Gasteiger partial charge < -0.3 is 14.8 Å². The first-order valence-corrected chi connectivity index (χ1v) is 8.55. The summed E-state index contributed by atoms with van der Waals surface area (Å²) in [6.07, 6.45) is 1.49. The summed E-state index contributed by atoms with van der Waals surface area (Å²) in [5, 5.41) is 2.81. The van der Waals surface area contributed by atoms with Gasteiger partial charge in [-0.2, -0.15) is 0 Å². The molecule has 27 heavy (non-hydrogen) atoms. The summed E-state index contributed by atoms with van der Waals surface area (Å²) in [7, 11) is 1.63. The number of benzene rings is 2. The van der Waals surface area contributed by atoms with Gasteiger partial charge in [-0.1, -0.05) is 12.1 Å². The Balaban J connectivity index is 1.55. The molecule has 0 aliphatic rings. The van der Waals surface area contributed by atoms with Gasteiger partial charge in [0.1, 0.15) is 17.8 Å². The van der Waals surface area contributed by atoms with Crippen LogP contribution in [0.1, 0.15) is 11.3 Å². The minimum Gasteiger partial charge on any atom is -0.497 e. The molecule has 1 N–H and O–H groups in total. The Morgan fingerprint density at radius 2 is 1.85 bits per heavy atom. The van der Waals surface area contributed by atoms with Crippen LogP contribution in [0.2, 0.25) is 0 Å². The standard InChI is InChI=1S/C21H21N3O3/c1-15-4-3-5-19(10-15)27-13-21(25)22-12-17-11-20(24-14-23-17)16-6-8-18(26-2)9-7-16/h3-11,14H,12-13H2,1-2H3,(H,22,25). The molecular formula is C21H21N3O3. The number of rotatable bonds is 7. The molecule has 0 radical (unpaired) electrons. The number of aromatic nitrogens is 2. The topological polar surface area (TPSA) is 73.3 Å². The zero-order valence-electron chi connectivity index (χ0n) is 15.3. The molecule has 0 saturated heterocycles. The molecule has 138 valence electrons. The number of hydrogen-bond acceptors (Lipinski definition) is 5. The number of nitrogens with one attached hydrogen (secondary N) is 1. The highest BCUT2D eigenvalue weighted by Gasteiger charge is 2.06. The van der Waals surface area contributed by atoms with E-state index in [1.807, 2.05) is 61.5 Å². The number of ether oxygens (including phenoxy) is 2. The summed E-state index contributed by atoms with van der Waals surface area (Å²) < 4.78 is 10.7. The summed E-state index contributed by atoms with van der Waals surface area (Å²) in [5.41, 5.74) is 3.54. The van der Waals surface area contributed by atoms with Crippen molar-refractivity contribution >= 4 is 5.91 Å². The van der Waals surface area contributed by atoms with Crippen molar-refractivity contribution in [3.05, 3.63) is 72.2 Å². The Morgan fingerprint density at radius 3 is 2.59 bits per heavy atom. The zero-order valence-corrected chi connectivity index (χ0v) is 15.3. The Bertz CT molecular complexity index is 911. The van der Waals surface area contributed by atoms with E-state index < -0.39 is 0 Å². The molecule has 0 atom stereocenters. The third-order valence-corrected chi connectivity index (χ3v) is 3.94. The molecule has 1 heterocycles. The molecule has 0 aliphatic carbocycles. The van der Waals surface area contributed by atoms with E-state index in [9.17, 15) is 4.79 Å². The van der Waals surface area contributed by atoms with E-state index in [2.05, 4.69) is 15.3 Å². The van der Waals surface area contributed by atoms with Crippen molar-refractivity contribution in [1.82, 2.24) is 15.3 Å². The van der Waals surface area contributed by atoms with E-state index in [0.717, 1.165) is 28.3 Å². The Hall–Kier alpha value is -3.41. The van der Waals surface area contributed by atoms with Gasteiger partial charge in [-0.05, 0) is 55.0 Å². The Labute approximate surface area is 158 Å². The number of amides is 1. The molecule has 0 bridgehead atoms. The van der Waals surface area contributed by atoms with Crippen LogP contribution in [0.25, 0.3) is 11.3 Å². The fourth-order valence-corrected chi connectivity index (χ4v) is 2.51. The lowest BCUT2D eigenvalue weighted by Gasteiger charge is -2.08. The van der Waals surface area contributed by atoms with Crippen molar-refractivity contribution in [1.29, 1.82) is 0 Å². The van der Waals surface area contributed by atoms with Gasteiger partial charge in [-0.15, -0.1) is 0 Å². The molecule has 0 aliphatic heterocycles. The van der Waals surface area contributed by atoms with Crippen LogP contribution in [0, 0.1) is 6.92 Å². The first-order valence-electron chi connectivity index (χ1n) is 8.55. The van der Waals surface area contributed by atoms with E-state index in [4.69, 9.17) is 9.47 Å². The molecule has 3 aromatic rings. The Morgan fingerprint density at radius 1 is 1.04 bits per heavy atom. The van der Waals surface area contributed by atoms with Crippen LogP contribution in [-0.4, -0.2) is 29.6 Å². The lowest BCUT2D eigenvalue weighted by atomic mass is 10.1. The molecule has 6 nitrogen and oxygen atoms in total. The van der Waals surface area contributed by atoms with Crippen LogP contribution in [0.15, 0.2) is 60.9 Å². The zero-order chi connectivity index (χ0) is 19.1. The maximum atomic E-state index is 12.0. The normalized spacial score (nSPS) is 10.3. The summed E-state index contributed by atoms with van der Waals surface area (Å²) in [5.74, 6) is 1.25. The van der Waals surface area contributed by atoms with Gasteiger partial charge in [0.25, 0.3) is 5.91 Å². The van der Waals surface area contributed by atoms with Gasteiger partial charge in [-0.25, -0.2) is 9.97 Å².